The smallest absolute Gasteiger partial charge is 0.0236 e. The topological polar surface area (TPSA) is 3.24 Å². The Hall–Kier alpha value is -1.34. The molecule has 94 valence electrons. The summed E-state index contributed by atoms with van der Waals surface area (Å²) >= 11 is 0. The van der Waals surface area contributed by atoms with E-state index in [9.17, 15) is 0 Å². The zero-order valence-corrected chi connectivity index (χ0v) is 11.2. The summed E-state index contributed by atoms with van der Waals surface area (Å²) in [5.74, 6) is 0. The lowest BCUT2D eigenvalue weighted by atomic mass is 9.99. The summed E-state index contributed by atoms with van der Waals surface area (Å²) < 4.78 is 0. The fourth-order valence-electron chi connectivity index (χ4n) is 3.00. The maximum absolute atomic E-state index is 2.60. The lowest BCUT2D eigenvalue weighted by Crippen LogP contribution is -2.29. The van der Waals surface area contributed by atoms with Crippen LogP contribution in [0.4, 0.5) is 0 Å². The molecule has 18 heavy (non-hydrogen) atoms. The molecule has 0 spiro atoms. The van der Waals surface area contributed by atoms with Gasteiger partial charge in [-0.25, -0.2) is 0 Å². The zero-order chi connectivity index (χ0) is 12.4. The molecule has 0 atom stereocenters. The molecule has 0 bridgehead atoms. The number of hydrogen-bond acceptors (Lipinski definition) is 1. The molecule has 0 radical (unpaired) electrons. The molecule has 1 fully saturated rings. The second-order valence-electron chi connectivity index (χ2n) is 5.41. The van der Waals surface area contributed by atoms with Crippen LogP contribution >= 0.6 is 0 Å². The first kappa shape index (κ1) is 11.7. The Bertz CT molecular complexity index is 538. The summed E-state index contributed by atoms with van der Waals surface area (Å²) in [6, 6.07) is 13.3. The third kappa shape index (κ3) is 2.28. The van der Waals surface area contributed by atoms with Crippen molar-refractivity contribution in [3.05, 3.63) is 47.5 Å². The number of nitrogens with zero attached hydrogens (tertiary/aromatic N) is 1. The lowest BCUT2D eigenvalue weighted by molar-refractivity contribution is 0.220. The maximum Gasteiger partial charge on any atom is 0.0236 e. The van der Waals surface area contributed by atoms with Gasteiger partial charge in [-0.05, 0) is 54.8 Å². The Morgan fingerprint density at radius 1 is 0.944 bits per heavy atom. The molecule has 1 saturated heterocycles. The molecule has 2 aromatic carbocycles. The third-order valence-corrected chi connectivity index (χ3v) is 4.15. The van der Waals surface area contributed by atoms with E-state index in [1.807, 2.05) is 0 Å². The minimum Gasteiger partial charge on any atom is -0.299 e. The second-order valence-corrected chi connectivity index (χ2v) is 5.41. The molecule has 0 amide bonds. The molecule has 0 aliphatic carbocycles. The Kier molecular flexibility index (Phi) is 3.33. The first-order valence-electron chi connectivity index (χ1n) is 7.04. The first-order chi connectivity index (χ1) is 8.84. The summed E-state index contributed by atoms with van der Waals surface area (Å²) in [5, 5.41) is 2.77. The van der Waals surface area contributed by atoms with Gasteiger partial charge in [-0.3, -0.25) is 4.90 Å². The molecule has 0 N–H and O–H groups in total. The van der Waals surface area contributed by atoms with Gasteiger partial charge < -0.3 is 0 Å². The highest BCUT2D eigenvalue weighted by Crippen LogP contribution is 2.23. The fraction of sp³-hybridized carbons (Fsp3) is 0.412. The molecular formula is C17H21N. The van der Waals surface area contributed by atoms with Crippen molar-refractivity contribution in [2.75, 3.05) is 13.1 Å². The van der Waals surface area contributed by atoms with Crippen LogP contribution in [0.1, 0.15) is 30.4 Å². The highest BCUT2D eigenvalue weighted by molar-refractivity contribution is 5.86. The number of aryl methyl sites for hydroxylation is 1. The highest BCUT2D eigenvalue weighted by atomic mass is 15.1. The monoisotopic (exact) mass is 239 g/mol. The molecule has 1 heterocycles. The average Bonchev–Trinajstić information content (AvgIpc) is 2.43. The van der Waals surface area contributed by atoms with Crippen LogP contribution in [0.15, 0.2) is 36.4 Å². The highest BCUT2D eigenvalue weighted by Gasteiger charge is 2.12. The van der Waals surface area contributed by atoms with Gasteiger partial charge in [0.1, 0.15) is 0 Å². The standard InChI is InChI=1S/C17H21N/c1-14-16(13-18-11-5-2-6-12-18)10-9-15-7-3-4-8-17(14)15/h3-4,7-10H,2,5-6,11-13H2,1H3. The van der Waals surface area contributed by atoms with E-state index in [1.54, 1.807) is 0 Å². The van der Waals surface area contributed by atoms with Gasteiger partial charge in [-0.1, -0.05) is 42.8 Å². The predicted molar refractivity (Wildman–Crippen MR) is 77.8 cm³/mol. The molecule has 0 aromatic heterocycles. The van der Waals surface area contributed by atoms with E-state index in [4.69, 9.17) is 0 Å². The van der Waals surface area contributed by atoms with E-state index in [0.717, 1.165) is 6.54 Å². The Morgan fingerprint density at radius 2 is 1.72 bits per heavy atom. The van der Waals surface area contributed by atoms with Crippen molar-refractivity contribution in [2.45, 2.75) is 32.7 Å². The summed E-state index contributed by atoms with van der Waals surface area (Å²) in [4.78, 5) is 2.60. The molecule has 1 nitrogen and oxygen atoms in total. The number of piperidine rings is 1. The Balaban J connectivity index is 1.89. The van der Waals surface area contributed by atoms with Gasteiger partial charge in [0.05, 0.1) is 0 Å². The van der Waals surface area contributed by atoms with Gasteiger partial charge >= 0.3 is 0 Å². The van der Waals surface area contributed by atoms with Crippen molar-refractivity contribution < 1.29 is 0 Å². The van der Waals surface area contributed by atoms with Crippen molar-refractivity contribution in [2.24, 2.45) is 0 Å². The molecule has 2 aromatic rings. The normalized spacial score (nSPS) is 17.2. The van der Waals surface area contributed by atoms with E-state index in [-0.39, 0.29) is 0 Å². The third-order valence-electron chi connectivity index (χ3n) is 4.15. The summed E-state index contributed by atoms with van der Waals surface area (Å²) in [7, 11) is 0. The molecule has 0 unspecified atom stereocenters. The molecular weight excluding hydrogens is 218 g/mol. The van der Waals surface area contributed by atoms with Crippen LogP contribution in [0.2, 0.25) is 0 Å². The average molecular weight is 239 g/mol. The molecule has 1 aliphatic heterocycles. The van der Waals surface area contributed by atoms with Crippen LogP contribution in [0.3, 0.4) is 0 Å². The lowest BCUT2D eigenvalue weighted by Gasteiger charge is -2.27. The van der Waals surface area contributed by atoms with Crippen molar-refractivity contribution in [1.82, 2.24) is 4.90 Å². The van der Waals surface area contributed by atoms with Gasteiger partial charge in [0.15, 0.2) is 0 Å². The minimum atomic E-state index is 1.12. The minimum absolute atomic E-state index is 1.12. The number of hydrogen-bond donors (Lipinski definition) is 0. The van der Waals surface area contributed by atoms with E-state index in [2.05, 4.69) is 48.2 Å². The quantitative estimate of drug-likeness (QED) is 0.761. The molecule has 1 heteroatoms. The number of fused-ring (bicyclic) bond motifs is 1. The van der Waals surface area contributed by atoms with Crippen molar-refractivity contribution in [3.63, 3.8) is 0 Å². The number of likely N-dealkylation sites (tertiary alicyclic amines) is 1. The van der Waals surface area contributed by atoms with Crippen LogP contribution < -0.4 is 0 Å². The number of rotatable bonds is 2. The zero-order valence-electron chi connectivity index (χ0n) is 11.2. The molecule has 3 rings (SSSR count). The van der Waals surface area contributed by atoms with Crippen LogP contribution in [-0.4, -0.2) is 18.0 Å². The largest absolute Gasteiger partial charge is 0.299 e. The predicted octanol–water partition coefficient (Wildman–Crippen LogP) is 4.13. The first-order valence-corrected chi connectivity index (χ1v) is 7.04. The number of benzene rings is 2. The van der Waals surface area contributed by atoms with E-state index < -0.39 is 0 Å². The Labute approximate surface area is 109 Å². The van der Waals surface area contributed by atoms with Crippen molar-refractivity contribution in [3.8, 4) is 0 Å². The van der Waals surface area contributed by atoms with E-state index in [1.165, 1.54) is 54.3 Å². The summed E-state index contributed by atoms with van der Waals surface area (Å²) in [6.07, 6.45) is 4.15. The summed E-state index contributed by atoms with van der Waals surface area (Å²) in [6.45, 7) is 5.93. The molecule has 0 saturated carbocycles. The molecule has 1 aliphatic rings. The second kappa shape index (κ2) is 5.11. The Morgan fingerprint density at radius 3 is 2.56 bits per heavy atom. The van der Waals surface area contributed by atoms with Crippen LogP contribution in [-0.2, 0) is 6.54 Å². The summed E-state index contributed by atoms with van der Waals surface area (Å²) in [5.41, 5.74) is 2.95. The van der Waals surface area contributed by atoms with Crippen LogP contribution in [0.25, 0.3) is 10.8 Å². The SMILES string of the molecule is Cc1c(CN2CCCCC2)ccc2ccccc12. The van der Waals surface area contributed by atoms with Gasteiger partial charge in [0.2, 0.25) is 0 Å². The van der Waals surface area contributed by atoms with Gasteiger partial charge in [-0.15, -0.1) is 0 Å². The van der Waals surface area contributed by atoms with Crippen LogP contribution in [0, 0.1) is 6.92 Å². The van der Waals surface area contributed by atoms with Gasteiger partial charge in [0, 0.05) is 6.54 Å². The fourth-order valence-corrected chi connectivity index (χ4v) is 3.00. The van der Waals surface area contributed by atoms with Crippen molar-refractivity contribution >= 4 is 10.8 Å². The van der Waals surface area contributed by atoms with Crippen molar-refractivity contribution in [1.29, 1.82) is 0 Å². The van der Waals surface area contributed by atoms with Gasteiger partial charge in [-0.2, -0.15) is 0 Å². The van der Waals surface area contributed by atoms with E-state index in [0.29, 0.717) is 0 Å². The van der Waals surface area contributed by atoms with E-state index >= 15 is 0 Å². The maximum atomic E-state index is 2.60. The van der Waals surface area contributed by atoms with Gasteiger partial charge in [0.25, 0.3) is 0 Å². The van der Waals surface area contributed by atoms with Crippen LogP contribution in [0.5, 0.6) is 0 Å².